The number of aryl methyl sites for hydroxylation is 2. The molecule has 0 saturated heterocycles. The van der Waals surface area contributed by atoms with Crippen LogP contribution in [0.2, 0.25) is 0 Å². The highest BCUT2D eigenvalue weighted by Crippen LogP contribution is 2.13. The van der Waals surface area contributed by atoms with Gasteiger partial charge in [0.25, 0.3) is 5.91 Å². The van der Waals surface area contributed by atoms with Crippen molar-refractivity contribution in [2.45, 2.75) is 26.8 Å². The fourth-order valence-corrected chi connectivity index (χ4v) is 2.65. The minimum absolute atomic E-state index is 0.0748. The lowest BCUT2D eigenvalue weighted by Crippen LogP contribution is -2.37. The van der Waals surface area contributed by atoms with E-state index in [0.717, 1.165) is 6.26 Å². The van der Waals surface area contributed by atoms with E-state index >= 15 is 0 Å². The molecule has 1 heterocycles. The van der Waals surface area contributed by atoms with Gasteiger partial charge in [-0.05, 0) is 26.8 Å². The Hall–Kier alpha value is -1.30. The first kappa shape index (κ1) is 13.8. The van der Waals surface area contributed by atoms with Crippen molar-refractivity contribution < 1.29 is 17.6 Å². The highest BCUT2D eigenvalue weighted by Gasteiger charge is 2.17. The molecule has 6 heteroatoms. The maximum Gasteiger partial charge on any atom is 0.255 e. The Kier molecular flexibility index (Phi) is 3.98. The fraction of sp³-hybridized carbons (Fsp3) is 0.545. The molecule has 1 aromatic heterocycles. The van der Waals surface area contributed by atoms with Gasteiger partial charge in [-0.2, -0.15) is 0 Å². The predicted molar refractivity (Wildman–Crippen MR) is 64.8 cm³/mol. The molecule has 0 unspecified atom stereocenters. The predicted octanol–water partition coefficient (Wildman–Crippen LogP) is 1.06. The third kappa shape index (κ3) is 4.22. The van der Waals surface area contributed by atoms with Crippen LogP contribution < -0.4 is 5.32 Å². The van der Waals surface area contributed by atoms with Crippen LogP contribution in [-0.4, -0.2) is 32.4 Å². The second kappa shape index (κ2) is 4.91. The third-order valence-electron chi connectivity index (χ3n) is 2.22. The van der Waals surface area contributed by atoms with Crippen molar-refractivity contribution in [2.75, 3.05) is 12.0 Å². The van der Waals surface area contributed by atoms with Gasteiger partial charge in [-0.25, -0.2) is 8.42 Å². The molecule has 1 rings (SSSR count). The van der Waals surface area contributed by atoms with Crippen LogP contribution in [0, 0.1) is 13.8 Å². The molecule has 17 heavy (non-hydrogen) atoms. The molecule has 1 N–H and O–H groups in total. The SMILES string of the molecule is Cc1cc(C(=O)N[C@@H](C)CS(C)(=O)=O)c(C)o1. The quantitative estimate of drug-likeness (QED) is 0.877. The summed E-state index contributed by atoms with van der Waals surface area (Å²) in [6.45, 7) is 5.11. The highest BCUT2D eigenvalue weighted by molar-refractivity contribution is 7.90. The molecule has 0 bridgehead atoms. The number of sulfone groups is 1. The molecule has 0 aliphatic heterocycles. The van der Waals surface area contributed by atoms with Gasteiger partial charge in [0.1, 0.15) is 21.4 Å². The molecular formula is C11H17NO4S. The van der Waals surface area contributed by atoms with Crippen LogP contribution in [0.1, 0.15) is 28.8 Å². The summed E-state index contributed by atoms with van der Waals surface area (Å²) < 4.78 is 27.4. The van der Waals surface area contributed by atoms with Crippen LogP contribution in [0.3, 0.4) is 0 Å². The summed E-state index contributed by atoms with van der Waals surface area (Å²) in [6.07, 6.45) is 1.14. The highest BCUT2D eigenvalue weighted by atomic mass is 32.2. The average Bonchev–Trinajstić information content (AvgIpc) is 2.41. The summed E-state index contributed by atoms with van der Waals surface area (Å²) in [7, 11) is -3.09. The van der Waals surface area contributed by atoms with Gasteiger partial charge in [0, 0.05) is 12.3 Å². The van der Waals surface area contributed by atoms with Crippen molar-refractivity contribution in [1.82, 2.24) is 5.32 Å². The number of carbonyl (C=O) groups excluding carboxylic acids is 1. The van der Waals surface area contributed by atoms with Crippen LogP contribution in [0.15, 0.2) is 10.5 Å². The molecule has 0 spiro atoms. The monoisotopic (exact) mass is 259 g/mol. The average molecular weight is 259 g/mol. The Balaban J connectivity index is 2.70. The minimum Gasteiger partial charge on any atom is -0.466 e. The van der Waals surface area contributed by atoms with Gasteiger partial charge >= 0.3 is 0 Å². The molecule has 1 aromatic rings. The van der Waals surface area contributed by atoms with Crippen molar-refractivity contribution in [2.24, 2.45) is 0 Å². The summed E-state index contributed by atoms with van der Waals surface area (Å²) >= 11 is 0. The smallest absolute Gasteiger partial charge is 0.255 e. The zero-order valence-electron chi connectivity index (χ0n) is 10.4. The standard InChI is InChI=1S/C11H17NO4S/c1-7(6-17(4,14)15)12-11(13)10-5-8(2)16-9(10)3/h5,7H,6H2,1-4H3,(H,12,13)/t7-/m0/s1. The first-order valence-electron chi connectivity index (χ1n) is 5.24. The van der Waals surface area contributed by atoms with Crippen LogP contribution in [-0.2, 0) is 9.84 Å². The first-order chi connectivity index (χ1) is 7.69. The lowest BCUT2D eigenvalue weighted by Gasteiger charge is -2.11. The van der Waals surface area contributed by atoms with Gasteiger partial charge in [0.2, 0.25) is 0 Å². The normalized spacial score (nSPS) is 13.4. The molecule has 0 aliphatic carbocycles. The number of hydrogen-bond acceptors (Lipinski definition) is 4. The maximum absolute atomic E-state index is 11.8. The lowest BCUT2D eigenvalue weighted by molar-refractivity contribution is 0.0942. The number of carbonyl (C=O) groups is 1. The molecule has 0 aromatic carbocycles. The Morgan fingerprint density at radius 3 is 2.47 bits per heavy atom. The molecule has 0 aliphatic rings. The van der Waals surface area contributed by atoms with Gasteiger partial charge in [-0.1, -0.05) is 0 Å². The van der Waals surface area contributed by atoms with Crippen molar-refractivity contribution in [3.63, 3.8) is 0 Å². The second-order valence-electron chi connectivity index (χ2n) is 4.29. The molecular weight excluding hydrogens is 242 g/mol. The minimum atomic E-state index is -3.09. The fourth-order valence-electron chi connectivity index (χ4n) is 1.65. The van der Waals surface area contributed by atoms with Crippen molar-refractivity contribution in [3.8, 4) is 0 Å². The maximum atomic E-state index is 11.8. The van der Waals surface area contributed by atoms with Gasteiger partial charge in [0.05, 0.1) is 11.3 Å². The van der Waals surface area contributed by atoms with E-state index in [0.29, 0.717) is 17.1 Å². The Bertz CT molecular complexity index is 516. The Morgan fingerprint density at radius 2 is 2.06 bits per heavy atom. The van der Waals surface area contributed by atoms with E-state index in [4.69, 9.17) is 4.42 Å². The van der Waals surface area contributed by atoms with Crippen LogP contribution in [0.5, 0.6) is 0 Å². The molecule has 0 fully saturated rings. The molecule has 5 nitrogen and oxygen atoms in total. The lowest BCUT2D eigenvalue weighted by atomic mass is 10.2. The van der Waals surface area contributed by atoms with Crippen LogP contribution in [0.4, 0.5) is 0 Å². The van der Waals surface area contributed by atoms with E-state index in [1.54, 1.807) is 26.8 Å². The second-order valence-corrected chi connectivity index (χ2v) is 6.48. The van der Waals surface area contributed by atoms with Crippen LogP contribution >= 0.6 is 0 Å². The molecule has 0 radical (unpaired) electrons. The van der Waals surface area contributed by atoms with Gasteiger partial charge in [0.15, 0.2) is 0 Å². The van der Waals surface area contributed by atoms with E-state index in [1.807, 2.05) is 0 Å². The van der Waals surface area contributed by atoms with Crippen molar-refractivity contribution >= 4 is 15.7 Å². The van der Waals surface area contributed by atoms with E-state index in [2.05, 4.69) is 5.32 Å². The zero-order valence-corrected chi connectivity index (χ0v) is 11.2. The van der Waals surface area contributed by atoms with Crippen LogP contribution in [0.25, 0.3) is 0 Å². The summed E-state index contributed by atoms with van der Waals surface area (Å²) in [5, 5.41) is 2.63. The van der Waals surface area contributed by atoms with Gasteiger partial charge < -0.3 is 9.73 Å². The summed E-state index contributed by atoms with van der Waals surface area (Å²) in [5.74, 6) is 0.805. The topological polar surface area (TPSA) is 76.4 Å². The Labute approximate surface area is 101 Å². The third-order valence-corrected chi connectivity index (χ3v) is 3.32. The molecule has 1 atom stereocenters. The van der Waals surface area contributed by atoms with Gasteiger partial charge in [-0.3, -0.25) is 4.79 Å². The number of furan rings is 1. The van der Waals surface area contributed by atoms with E-state index < -0.39 is 15.9 Å². The largest absolute Gasteiger partial charge is 0.466 e. The molecule has 96 valence electrons. The van der Waals surface area contributed by atoms with E-state index in [-0.39, 0.29) is 11.7 Å². The number of nitrogens with one attached hydrogen (secondary N) is 1. The molecule has 1 amide bonds. The number of rotatable bonds is 4. The summed E-state index contributed by atoms with van der Waals surface area (Å²) in [6, 6.07) is 1.21. The van der Waals surface area contributed by atoms with Crippen molar-refractivity contribution in [3.05, 3.63) is 23.2 Å². The summed E-state index contributed by atoms with van der Waals surface area (Å²) in [5.41, 5.74) is 0.447. The van der Waals surface area contributed by atoms with E-state index in [9.17, 15) is 13.2 Å². The summed E-state index contributed by atoms with van der Waals surface area (Å²) in [4.78, 5) is 11.8. The Morgan fingerprint density at radius 1 is 1.47 bits per heavy atom. The zero-order chi connectivity index (χ0) is 13.2. The van der Waals surface area contributed by atoms with Gasteiger partial charge in [-0.15, -0.1) is 0 Å². The van der Waals surface area contributed by atoms with Crippen molar-refractivity contribution in [1.29, 1.82) is 0 Å². The number of hydrogen-bond donors (Lipinski definition) is 1. The number of amides is 1. The van der Waals surface area contributed by atoms with E-state index in [1.165, 1.54) is 0 Å². The molecule has 0 saturated carbocycles. The first-order valence-corrected chi connectivity index (χ1v) is 7.30.